The van der Waals surface area contributed by atoms with E-state index in [0.717, 1.165) is 5.75 Å². The van der Waals surface area contributed by atoms with Crippen LogP contribution in [0.2, 0.25) is 0 Å². The molecule has 0 aliphatic carbocycles. The SMILES string of the molecule is C/C=C(/C)CSC(Cl)=C(Cl)Cl. The molecule has 0 aliphatic rings. The minimum atomic E-state index is 0.139. The Hall–Kier alpha value is 0.700. The van der Waals surface area contributed by atoms with E-state index in [4.69, 9.17) is 34.8 Å². The van der Waals surface area contributed by atoms with Crippen molar-refractivity contribution in [2.24, 2.45) is 0 Å². The van der Waals surface area contributed by atoms with E-state index in [1.807, 2.05) is 19.9 Å². The maximum atomic E-state index is 5.67. The Morgan fingerprint density at radius 1 is 1.36 bits per heavy atom. The number of thioether (sulfide) groups is 1. The Labute approximate surface area is 86.6 Å². The summed E-state index contributed by atoms with van der Waals surface area (Å²) >= 11 is 18.0. The molecule has 0 amide bonds. The van der Waals surface area contributed by atoms with Gasteiger partial charge in [0.15, 0.2) is 0 Å². The van der Waals surface area contributed by atoms with Gasteiger partial charge in [0.2, 0.25) is 0 Å². The van der Waals surface area contributed by atoms with Crippen LogP contribution in [-0.4, -0.2) is 5.75 Å². The quantitative estimate of drug-likeness (QED) is 0.643. The van der Waals surface area contributed by atoms with Crippen LogP contribution in [0.5, 0.6) is 0 Å². The Bertz CT molecular complexity index is 180. The van der Waals surface area contributed by atoms with Crippen LogP contribution < -0.4 is 0 Å². The second kappa shape index (κ2) is 6.24. The Morgan fingerprint density at radius 2 is 1.91 bits per heavy atom. The lowest BCUT2D eigenvalue weighted by molar-refractivity contribution is 1.38. The topological polar surface area (TPSA) is 0 Å². The van der Waals surface area contributed by atoms with Crippen molar-refractivity contribution in [1.29, 1.82) is 0 Å². The highest BCUT2D eigenvalue weighted by Crippen LogP contribution is 2.29. The van der Waals surface area contributed by atoms with E-state index in [1.165, 1.54) is 17.3 Å². The minimum Gasteiger partial charge on any atom is -0.107 e. The zero-order chi connectivity index (χ0) is 8.85. The Balaban J connectivity index is 3.82. The highest BCUT2D eigenvalue weighted by molar-refractivity contribution is 8.04. The molecule has 0 rings (SSSR count). The molecule has 64 valence electrons. The lowest BCUT2D eigenvalue weighted by Crippen LogP contribution is -1.79. The van der Waals surface area contributed by atoms with E-state index in [2.05, 4.69) is 0 Å². The van der Waals surface area contributed by atoms with E-state index in [-0.39, 0.29) is 4.49 Å². The monoisotopic (exact) mass is 230 g/mol. The summed E-state index contributed by atoms with van der Waals surface area (Å²) in [4.78, 5) is 0. The molecule has 0 aromatic rings. The van der Waals surface area contributed by atoms with Crippen LogP contribution in [0, 0.1) is 0 Å². The third kappa shape index (κ3) is 5.92. The Morgan fingerprint density at radius 3 is 2.27 bits per heavy atom. The molecule has 11 heavy (non-hydrogen) atoms. The molecule has 0 aliphatic heterocycles. The van der Waals surface area contributed by atoms with Gasteiger partial charge in [0.1, 0.15) is 8.86 Å². The second-order valence-electron chi connectivity index (χ2n) is 1.96. The van der Waals surface area contributed by atoms with E-state index in [9.17, 15) is 0 Å². The summed E-state index contributed by atoms with van der Waals surface area (Å²) < 4.78 is 0.593. The molecule has 0 nitrogen and oxygen atoms in total. The van der Waals surface area contributed by atoms with E-state index in [0.29, 0.717) is 4.36 Å². The van der Waals surface area contributed by atoms with Crippen LogP contribution in [0.15, 0.2) is 20.5 Å². The van der Waals surface area contributed by atoms with Crippen molar-refractivity contribution < 1.29 is 0 Å². The van der Waals surface area contributed by atoms with Gasteiger partial charge < -0.3 is 0 Å². The van der Waals surface area contributed by atoms with Gasteiger partial charge >= 0.3 is 0 Å². The molecule has 0 heterocycles. The molecule has 0 spiro atoms. The highest BCUT2D eigenvalue weighted by atomic mass is 35.5. The predicted octanol–water partition coefficient (Wildman–Crippen LogP) is 4.53. The summed E-state index contributed by atoms with van der Waals surface area (Å²) in [6.07, 6.45) is 2.03. The van der Waals surface area contributed by atoms with Crippen molar-refractivity contribution in [2.45, 2.75) is 13.8 Å². The molecule has 0 fully saturated rings. The van der Waals surface area contributed by atoms with Gasteiger partial charge in [-0.25, -0.2) is 0 Å². The Kier molecular flexibility index (Phi) is 6.64. The first-order valence-electron chi connectivity index (χ1n) is 3.03. The molecule has 0 N–H and O–H groups in total. The first-order chi connectivity index (χ1) is 5.07. The molecule has 0 radical (unpaired) electrons. The van der Waals surface area contributed by atoms with Crippen LogP contribution in [0.4, 0.5) is 0 Å². The van der Waals surface area contributed by atoms with E-state index < -0.39 is 0 Å². The fourth-order valence-corrected chi connectivity index (χ4v) is 1.44. The smallest absolute Gasteiger partial charge is 0.107 e. The molecule has 0 bridgehead atoms. The molecule has 0 atom stereocenters. The largest absolute Gasteiger partial charge is 0.131 e. The lowest BCUT2D eigenvalue weighted by atomic mass is 10.3. The summed E-state index contributed by atoms with van der Waals surface area (Å²) in [5, 5.41) is 0. The molecule has 0 saturated carbocycles. The zero-order valence-electron chi connectivity index (χ0n) is 6.33. The minimum absolute atomic E-state index is 0.139. The summed E-state index contributed by atoms with van der Waals surface area (Å²) in [6, 6.07) is 0. The number of rotatable bonds is 3. The highest BCUT2D eigenvalue weighted by Gasteiger charge is 1.99. The van der Waals surface area contributed by atoms with Crippen molar-refractivity contribution in [3.63, 3.8) is 0 Å². The second-order valence-corrected chi connectivity index (χ2v) is 4.49. The van der Waals surface area contributed by atoms with Crippen molar-refractivity contribution in [2.75, 3.05) is 5.75 Å². The first-order valence-corrected chi connectivity index (χ1v) is 5.15. The normalized spacial score (nSPS) is 11.5. The average Bonchev–Trinajstić information content (AvgIpc) is 1.99. The third-order valence-corrected chi connectivity index (χ3v) is 3.44. The summed E-state index contributed by atoms with van der Waals surface area (Å²) in [7, 11) is 0. The number of hydrogen-bond acceptors (Lipinski definition) is 1. The van der Waals surface area contributed by atoms with Gasteiger partial charge in [-0.3, -0.25) is 0 Å². The van der Waals surface area contributed by atoms with E-state index >= 15 is 0 Å². The van der Waals surface area contributed by atoms with Crippen molar-refractivity contribution in [3.8, 4) is 0 Å². The standard InChI is InChI=1S/C7H9Cl3S/c1-3-5(2)4-11-7(10)6(8)9/h3H,4H2,1-2H3/b5-3-. The molecular weight excluding hydrogens is 223 g/mol. The number of hydrogen-bond donors (Lipinski definition) is 0. The molecule has 0 aromatic heterocycles. The van der Waals surface area contributed by atoms with Gasteiger partial charge in [-0.15, -0.1) is 11.8 Å². The van der Waals surface area contributed by atoms with Gasteiger partial charge in [-0.2, -0.15) is 0 Å². The van der Waals surface area contributed by atoms with Crippen LogP contribution in [0.1, 0.15) is 13.8 Å². The van der Waals surface area contributed by atoms with Gasteiger partial charge in [0.25, 0.3) is 0 Å². The van der Waals surface area contributed by atoms with E-state index in [1.54, 1.807) is 0 Å². The summed E-state index contributed by atoms with van der Waals surface area (Å²) in [6.45, 7) is 4.01. The van der Waals surface area contributed by atoms with Crippen LogP contribution in [0.3, 0.4) is 0 Å². The van der Waals surface area contributed by atoms with Crippen LogP contribution >= 0.6 is 46.6 Å². The summed E-state index contributed by atoms with van der Waals surface area (Å²) in [5.41, 5.74) is 1.25. The first kappa shape index (κ1) is 11.7. The predicted molar refractivity (Wildman–Crippen MR) is 56.5 cm³/mol. The number of halogens is 3. The lowest BCUT2D eigenvalue weighted by Gasteiger charge is -1.98. The van der Waals surface area contributed by atoms with Gasteiger partial charge in [0, 0.05) is 5.75 Å². The maximum absolute atomic E-state index is 5.67. The molecule has 0 unspecified atom stereocenters. The van der Waals surface area contributed by atoms with Crippen molar-refractivity contribution in [1.82, 2.24) is 0 Å². The fraction of sp³-hybridized carbons (Fsp3) is 0.429. The van der Waals surface area contributed by atoms with Gasteiger partial charge in [-0.1, -0.05) is 46.5 Å². The zero-order valence-corrected chi connectivity index (χ0v) is 9.41. The molecule has 0 saturated heterocycles. The van der Waals surface area contributed by atoms with Gasteiger partial charge in [0.05, 0.1) is 0 Å². The molecule has 0 aromatic carbocycles. The maximum Gasteiger partial charge on any atom is 0.131 e. The van der Waals surface area contributed by atoms with Gasteiger partial charge in [-0.05, 0) is 13.8 Å². The molecule has 4 heteroatoms. The number of allylic oxidation sites excluding steroid dienone is 1. The average molecular weight is 232 g/mol. The van der Waals surface area contributed by atoms with Crippen molar-refractivity contribution in [3.05, 3.63) is 20.5 Å². The van der Waals surface area contributed by atoms with Crippen LogP contribution in [0.25, 0.3) is 0 Å². The van der Waals surface area contributed by atoms with Crippen molar-refractivity contribution >= 4 is 46.6 Å². The fourth-order valence-electron chi connectivity index (χ4n) is 0.315. The van der Waals surface area contributed by atoms with Crippen LogP contribution in [-0.2, 0) is 0 Å². The third-order valence-electron chi connectivity index (χ3n) is 1.07. The summed E-state index contributed by atoms with van der Waals surface area (Å²) in [5.74, 6) is 0.832. The molecular formula is C7H9Cl3S.